The lowest BCUT2D eigenvalue weighted by molar-refractivity contribution is 0.478. The van der Waals surface area contributed by atoms with E-state index in [0.29, 0.717) is 16.6 Å². The third-order valence-corrected chi connectivity index (χ3v) is 3.15. The smallest absolute Gasteiger partial charge is 0.157 e. The van der Waals surface area contributed by atoms with Crippen LogP contribution in [0.25, 0.3) is 0 Å². The number of rotatable bonds is 3. The normalized spacial score (nSPS) is 10.7. The Labute approximate surface area is 112 Å². The summed E-state index contributed by atoms with van der Waals surface area (Å²) in [6.07, 6.45) is 0. The molecule has 0 aliphatic rings. The van der Waals surface area contributed by atoms with E-state index in [-0.39, 0.29) is 5.75 Å². The van der Waals surface area contributed by atoms with Crippen molar-refractivity contribution < 1.29 is 5.11 Å². The molecule has 0 fully saturated rings. The van der Waals surface area contributed by atoms with E-state index in [0.717, 1.165) is 5.69 Å². The van der Waals surface area contributed by atoms with Gasteiger partial charge in [0.2, 0.25) is 0 Å². The van der Waals surface area contributed by atoms with Gasteiger partial charge in [-0.1, -0.05) is 43.6 Å². The predicted octanol–water partition coefficient (Wildman–Crippen LogP) is 4.91. The van der Waals surface area contributed by atoms with Crippen LogP contribution in [-0.4, -0.2) is 5.11 Å². The minimum Gasteiger partial charge on any atom is -0.504 e. The molecule has 0 atom stereocenters. The number of nitrogens with one attached hydrogen (secondary N) is 1. The Kier molecular flexibility index (Phi) is 3.78. The first-order valence-corrected chi connectivity index (χ1v) is 6.30. The van der Waals surface area contributed by atoms with Crippen molar-refractivity contribution in [1.82, 2.24) is 0 Å². The van der Waals surface area contributed by atoms with Gasteiger partial charge in [-0.05, 0) is 35.7 Å². The summed E-state index contributed by atoms with van der Waals surface area (Å²) >= 11 is 5.86. The second kappa shape index (κ2) is 5.32. The Balaban J connectivity index is 2.21. The highest BCUT2D eigenvalue weighted by molar-refractivity contribution is 6.32. The van der Waals surface area contributed by atoms with Crippen molar-refractivity contribution in [1.29, 1.82) is 0 Å². The maximum atomic E-state index is 9.81. The second-order valence-electron chi connectivity index (χ2n) is 4.54. The molecule has 0 unspecified atom stereocenters. The fraction of sp³-hybridized carbons (Fsp3) is 0.200. The molecule has 2 nitrogen and oxygen atoms in total. The number of hydrogen-bond donors (Lipinski definition) is 2. The lowest BCUT2D eigenvalue weighted by Gasteiger charge is -2.11. The minimum absolute atomic E-state index is 0.0760. The molecule has 0 bridgehead atoms. The van der Waals surface area contributed by atoms with Gasteiger partial charge in [-0.3, -0.25) is 0 Å². The lowest BCUT2D eigenvalue weighted by atomic mass is 10.0. The van der Waals surface area contributed by atoms with Crippen molar-refractivity contribution >= 4 is 23.0 Å². The van der Waals surface area contributed by atoms with Gasteiger partial charge in [0, 0.05) is 5.69 Å². The summed E-state index contributed by atoms with van der Waals surface area (Å²) in [4.78, 5) is 0. The van der Waals surface area contributed by atoms with Crippen LogP contribution >= 0.6 is 11.6 Å². The maximum Gasteiger partial charge on any atom is 0.157 e. The summed E-state index contributed by atoms with van der Waals surface area (Å²) in [6, 6.07) is 13.4. The van der Waals surface area contributed by atoms with E-state index in [4.69, 9.17) is 11.6 Å². The zero-order valence-corrected chi connectivity index (χ0v) is 11.2. The fourth-order valence-corrected chi connectivity index (χ4v) is 1.90. The van der Waals surface area contributed by atoms with Crippen molar-refractivity contribution in [2.75, 3.05) is 5.32 Å². The van der Waals surface area contributed by atoms with Gasteiger partial charge in [0.15, 0.2) is 5.75 Å². The highest BCUT2D eigenvalue weighted by Gasteiger charge is 2.05. The topological polar surface area (TPSA) is 32.3 Å². The third kappa shape index (κ3) is 2.77. The van der Waals surface area contributed by atoms with Gasteiger partial charge in [-0.25, -0.2) is 0 Å². The molecule has 0 saturated carbocycles. The molecule has 0 radical (unpaired) electrons. The number of phenols is 1. The van der Waals surface area contributed by atoms with Gasteiger partial charge in [0.25, 0.3) is 0 Å². The molecule has 3 heteroatoms. The van der Waals surface area contributed by atoms with Gasteiger partial charge in [-0.2, -0.15) is 0 Å². The number of phenolic OH excluding ortho intramolecular Hbond substituents is 1. The molecule has 0 aliphatic heterocycles. The van der Waals surface area contributed by atoms with Crippen molar-refractivity contribution in [2.45, 2.75) is 19.8 Å². The molecule has 2 N–H and O–H groups in total. The van der Waals surface area contributed by atoms with E-state index < -0.39 is 0 Å². The molecule has 2 rings (SSSR count). The Morgan fingerprint density at radius 1 is 1.06 bits per heavy atom. The Bertz CT molecular complexity index is 535. The molecule has 2 aromatic rings. The first-order valence-electron chi connectivity index (χ1n) is 5.92. The quantitative estimate of drug-likeness (QED) is 0.769. The van der Waals surface area contributed by atoms with Crippen LogP contribution in [0.4, 0.5) is 11.4 Å². The molecular weight excluding hydrogens is 246 g/mol. The summed E-state index contributed by atoms with van der Waals surface area (Å²) in [7, 11) is 0. The number of para-hydroxylation sites is 1. The first kappa shape index (κ1) is 12.8. The van der Waals surface area contributed by atoms with E-state index >= 15 is 0 Å². The highest BCUT2D eigenvalue weighted by atomic mass is 35.5. The van der Waals surface area contributed by atoms with Crippen LogP contribution < -0.4 is 5.32 Å². The molecule has 94 valence electrons. The largest absolute Gasteiger partial charge is 0.504 e. The Hall–Kier alpha value is -1.67. The summed E-state index contributed by atoms with van der Waals surface area (Å²) in [5.74, 6) is 0.589. The standard InChI is InChI=1S/C15H16ClNO/c1-10(2)11-6-8-12(9-7-11)17-14-5-3-4-13(16)15(14)18/h3-10,17-18H,1-2H3. The third-order valence-electron chi connectivity index (χ3n) is 2.84. The van der Waals surface area contributed by atoms with E-state index in [1.807, 2.05) is 12.1 Å². The van der Waals surface area contributed by atoms with Crippen molar-refractivity contribution in [3.63, 3.8) is 0 Å². The lowest BCUT2D eigenvalue weighted by Crippen LogP contribution is -1.92. The van der Waals surface area contributed by atoms with Crippen LogP contribution in [0.5, 0.6) is 5.75 Å². The van der Waals surface area contributed by atoms with E-state index in [2.05, 4.69) is 31.3 Å². The summed E-state index contributed by atoms with van der Waals surface area (Å²) < 4.78 is 0. The predicted molar refractivity (Wildman–Crippen MR) is 76.9 cm³/mol. The number of hydrogen-bond acceptors (Lipinski definition) is 2. The number of benzene rings is 2. The van der Waals surface area contributed by atoms with Gasteiger partial charge >= 0.3 is 0 Å². The monoisotopic (exact) mass is 261 g/mol. The van der Waals surface area contributed by atoms with E-state index in [9.17, 15) is 5.11 Å². The molecule has 0 aromatic heterocycles. The SMILES string of the molecule is CC(C)c1ccc(Nc2cccc(Cl)c2O)cc1. The molecule has 0 amide bonds. The average Bonchev–Trinajstić information content (AvgIpc) is 2.36. The van der Waals surface area contributed by atoms with Crippen LogP contribution in [0.3, 0.4) is 0 Å². The Morgan fingerprint density at radius 2 is 1.72 bits per heavy atom. The number of aromatic hydroxyl groups is 1. The molecule has 0 saturated heterocycles. The molecule has 18 heavy (non-hydrogen) atoms. The van der Waals surface area contributed by atoms with Gasteiger partial charge in [0.05, 0.1) is 10.7 Å². The highest BCUT2D eigenvalue weighted by Crippen LogP contribution is 2.33. The number of halogens is 1. The first-order chi connectivity index (χ1) is 8.58. The number of anilines is 2. The van der Waals surface area contributed by atoms with Gasteiger partial charge in [0.1, 0.15) is 0 Å². The van der Waals surface area contributed by atoms with Gasteiger partial charge in [-0.15, -0.1) is 0 Å². The van der Waals surface area contributed by atoms with Crippen LogP contribution in [0.15, 0.2) is 42.5 Å². The van der Waals surface area contributed by atoms with Crippen LogP contribution in [0.1, 0.15) is 25.3 Å². The zero-order chi connectivity index (χ0) is 13.1. The van der Waals surface area contributed by atoms with E-state index in [1.54, 1.807) is 18.2 Å². The maximum absolute atomic E-state index is 9.81. The molecular formula is C15H16ClNO. The van der Waals surface area contributed by atoms with E-state index in [1.165, 1.54) is 5.56 Å². The van der Waals surface area contributed by atoms with Crippen LogP contribution in [0, 0.1) is 0 Å². The minimum atomic E-state index is 0.0760. The zero-order valence-electron chi connectivity index (χ0n) is 10.4. The second-order valence-corrected chi connectivity index (χ2v) is 4.94. The Morgan fingerprint density at radius 3 is 2.33 bits per heavy atom. The molecule has 0 heterocycles. The summed E-state index contributed by atoms with van der Waals surface area (Å²) in [5, 5.41) is 13.3. The van der Waals surface area contributed by atoms with Crippen molar-refractivity contribution in [3.8, 4) is 5.75 Å². The fourth-order valence-electron chi connectivity index (χ4n) is 1.72. The van der Waals surface area contributed by atoms with Crippen LogP contribution in [0.2, 0.25) is 5.02 Å². The van der Waals surface area contributed by atoms with Gasteiger partial charge < -0.3 is 10.4 Å². The van der Waals surface area contributed by atoms with Crippen molar-refractivity contribution in [2.24, 2.45) is 0 Å². The average molecular weight is 262 g/mol. The molecule has 2 aromatic carbocycles. The summed E-state index contributed by atoms with van der Waals surface area (Å²) in [6.45, 7) is 4.32. The molecule has 0 aliphatic carbocycles. The van der Waals surface area contributed by atoms with Crippen LogP contribution in [-0.2, 0) is 0 Å². The summed E-state index contributed by atoms with van der Waals surface area (Å²) in [5.41, 5.74) is 2.83. The molecule has 0 spiro atoms. The van der Waals surface area contributed by atoms with Crippen molar-refractivity contribution in [3.05, 3.63) is 53.1 Å².